The molecule has 16 heavy (non-hydrogen) atoms. The molecule has 2 aliphatic carbocycles. The predicted octanol–water partition coefficient (Wildman–Crippen LogP) is 4.51. The van der Waals surface area contributed by atoms with Crippen molar-refractivity contribution in [1.82, 2.24) is 0 Å². The molecule has 1 heteroatoms. The van der Waals surface area contributed by atoms with Gasteiger partial charge in [-0.05, 0) is 41.2 Å². The minimum atomic E-state index is 0.353. The summed E-state index contributed by atoms with van der Waals surface area (Å²) >= 11 is 3.72. The van der Waals surface area contributed by atoms with E-state index in [-0.39, 0.29) is 0 Å². The maximum Gasteiger partial charge on any atom is 0.0227 e. The molecule has 0 atom stereocenters. The molecule has 0 bridgehead atoms. The molecule has 2 aliphatic rings. The smallest absolute Gasteiger partial charge is 0.0227 e. The third-order valence-corrected chi connectivity index (χ3v) is 4.64. The van der Waals surface area contributed by atoms with E-state index in [4.69, 9.17) is 0 Å². The Morgan fingerprint density at radius 2 is 1.62 bits per heavy atom. The molecule has 0 nitrogen and oxygen atoms in total. The summed E-state index contributed by atoms with van der Waals surface area (Å²) in [5.74, 6) is 0. The molecule has 1 spiro atoms. The van der Waals surface area contributed by atoms with Crippen molar-refractivity contribution >= 4 is 15.9 Å². The molecule has 78 valence electrons. The lowest BCUT2D eigenvalue weighted by molar-refractivity contribution is 0.873. The zero-order valence-corrected chi connectivity index (χ0v) is 10.4. The first-order chi connectivity index (χ1) is 7.83. The zero-order chi connectivity index (χ0) is 10.8. The van der Waals surface area contributed by atoms with Crippen LogP contribution in [0.5, 0.6) is 0 Å². The summed E-state index contributed by atoms with van der Waals surface area (Å²) in [5, 5.41) is 0. The van der Waals surface area contributed by atoms with E-state index in [1.807, 2.05) is 0 Å². The van der Waals surface area contributed by atoms with Gasteiger partial charge in [-0.1, -0.05) is 52.3 Å². The average molecular weight is 271 g/mol. The maximum absolute atomic E-state index is 3.72. The molecular formula is C15H11Br. The number of halogens is 1. The molecule has 0 amide bonds. The van der Waals surface area contributed by atoms with E-state index < -0.39 is 0 Å². The van der Waals surface area contributed by atoms with E-state index in [0.717, 1.165) is 0 Å². The van der Waals surface area contributed by atoms with E-state index in [1.54, 1.807) is 0 Å². The van der Waals surface area contributed by atoms with Crippen molar-refractivity contribution in [3.05, 3.63) is 58.1 Å². The van der Waals surface area contributed by atoms with Crippen molar-refractivity contribution in [2.45, 2.75) is 18.3 Å². The molecule has 0 aromatic heterocycles. The van der Waals surface area contributed by atoms with Crippen molar-refractivity contribution in [3.63, 3.8) is 0 Å². The molecule has 1 saturated carbocycles. The highest BCUT2D eigenvalue weighted by Gasteiger charge is 2.52. The Balaban J connectivity index is 2.16. The minimum absolute atomic E-state index is 0.353. The first-order valence-corrected chi connectivity index (χ1v) is 6.51. The number of hydrogen-bond donors (Lipinski definition) is 0. The van der Waals surface area contributed by atoms with Crippen LogP contribution in [0, 0.1) is 0 Å². The first kappa shape index (κ1) is 9.00. The van der Waals surface area contributed by atoms with Crippen LogP contribution in [-0.4, -0.2) is 0 Å². The molecule has 1 fully saturated rings. The van der Waals surface area contributed by atoms with Gasteiger partial charge in [-0.25, -0.2) is 0 Å². The molecule has 0 aliphatic heterocycles. The summed E-state index contributed by atoms with van der Waals surface area (Å²) in [7, 11) is 0. The fourth-order valence-electron chi connectivity index (χ4n) is 3.15. The second-order valence-electron chi connectivity index (χ2n) is 4.79. The molecule has 4 rings (SSSR count). The van der Waals surface area contributed by atoms with Gasteiger partial charge in [0.05, 0.1) is 0 Å². The van der Waals surface area contributed by atoms with Crippen molar-refractivity contribution < 1.29 is 0 Å². The molecule has 2 aromatic rings. The molecule has 0 radical (unpaired) electrons. The maximum atomic E-state index is 3.72. The third-order valence-electron chi connectivity index (χ3n) is 3.97. The molecular weight excluding hydrogens is 260 g/mol. The number of rotatable bonds is 0. The van der Waals surface area contributed by atoms with E-state index in [9.17, 15) is 0 Å². The van der Waals surface area contributed by atoms with Crippen LogP contribution in [0.3, 0.4) is 0 Å². The Kier molecular flexibility index (Phi) is 1.56. The van der Waals surface area contributed by atoms with Gasteiger partial charge in [-0.3, -0.25) is 0 Å². The lowest BCUT2D eigenvalue weighted by Crippen LogP contribution is -2.03. The highest BCUT2D eigenvalue weighted by atomic mass is 79.9. The summed E-state index contributed by atoms with van der Waals surface area (Å²) < 4.78 is 1.28. The van der Waals surface area contributed by atoms with Crippen LogP contribution in [0.2, 0.25) is 0 Å². The van der Waals surface area contributed by atoms with Crippen LogP contribution in [0.15, 0.2) is 46.9 Å². The lowest BCUT2D eigenvalue weighted by Gasteiger charge is -2.11. The van der Waals surface area contributed by atoms with Gasteiger partial charge < -0.3 is 0 Å². The SMILES string of the molecule is Brc1cccc2c1C1(CC1)c1ccccc1-2. The fraction of sp³-hybridized carbons (Fsp3) is 0.200. The topological polar surface area (TPSA) is 0 Å². The Hall–Kier alpha value is -1.08. The standard InChI is InChI=1S/C15H11Br/c16-13-7-3-5-11-10-4-1-2-6-12(10)15(8-9-15)14(11)13/h1-7H,8-9H2. The highest BCUT2D eigenvalue weighted by Crippen LogP contribution is 2.63. The quantitative estimate of drug-likeness (QED) is 0.661. The number of benzene rings is 2. The summed E-state index contributed by atoms with van der Waals surface area (Å²) in [4.78, 5) is 0. The second kappa shape index (κ2) is 2.78. The van der Waals surface area contributed by atoms with Crippen LogP contribution in [0.1, 0.15) is 24.0 Å². The second-order valence-corrected chi connectivity index (χ2v) is 5.64. The lowest BCUT2D eigenvalue weighted by atomic mass is 9.94. The van der Waals surface area contributed by atoms with Gasteiger partial charge >= 0.3 is 0 Å². The third kappa shape index (κ3) is 0.910. The van der Waals surface area contributed by atoms with Gasteiger partial charge in [0.1, 0.15) is 0 Å². The van der Waals surface area contributed by atoms with Gasteiger partial charge in [0.25, 0.3) is 0 Å². The van der Waals surface area contributed by atoms with Crippen molar-refractivity contribution in [1.29, 1.82) is 0 Å². The van der Waals surface area contributed by atoms with Gasteiger partial charge in [0.2, 0.25) is 0 Å². The molecule has 0 heterocycles. The van der Waals surface area contributed by atoms with E-state index in [0.29, 0.717) is 5.41 Å². The number of fused-ring (bicyclic) bond motifs is 5. The normalized spacial score (nSPS) is 18.3. The van der Waals surface area contributed by atoms with Gasteiger partial charge in [-0.15, -0.1) is 0 Å². The summed E-state index contributed by atoms with van der Waals surface area (Å²) in [6, 6.07) is 15.4. The summed E-state index contributed by atoms with van der Waals surface area (Å²) in [5.41, 5.74) is 6.29. The van der Waals surface area contributed by atoms with Crippen molar-refractivity contribution in [3.8, 4) is 11.1 Å². The van der Waals surface area contributed by atoms with Crippen LogP contribution in [0.25, 0.3) is 11.1 Å². The summed E-state index contributed by atoms with van der Waals surface area (Å²) in [6.45, 7) is 0. The largest absolute Gasteiger partial charge is 0.0619 e. The van der Waals surface area contributed by atoms with E-state index in [1.165, 1.54) is 39.6 Å². The highest BCUT2D eigenvalue weighted by molar-refractivity contribution is 9.10. The first-order valence-electron chi connectivity index (χ1n) is 5.72. The van der Waals surface area contributed by atoms with Crippen LogP contribution in [-0.2, 0) is 5.41 Å². The molecule has 2 aromatic carbocycles. The Labute approximate surface area is 103 Å². The van der Waals surface area contributed by atoms with E-state index in [2.05, 4.69) is 58.4 Å². The minimum Gasteiger partial charge on any atom is -0.0619 e. The van der Waals surface area contributed by atoms with Gasteiger partial charge in [0, 0.05) is 9.89 Å². The Bertz CT molecular complexity index is 594. The molecule has 0 N–H and O–H groups in total. The van der Waals surface area contributed by atoms with Gasteiger partial charge in [-0.2, -0.15) is 0 Å². The molecule has 0 unspecified atom stereocenters. The predicted molar refractivity (Wildman–Crippen MR) is 69.6 cm³/mol. The fourth-order valence-corrected chi connectivity index (χ4v) is 3.89. The van der Waals surface area contributed by atoms with E-state index >= 15 is 0 Å². The number of hydrogen-bond acceptors (Lipinski definition) is 0. The van der Waals surface area contributed by atoms with Gasteiger partial charge in [0.15, 0.2) is 0 Å². The summed E-state index contributed by atoms with van der Waals surface area (Å²) in [6.07, 6.45) is 2.61. The average Bonchev–Trinajstić information content (AvgIpc) is 3.04. The molecule has 0 saturated heterocycles. The van der Waals surface area contributed by atoms with Crippen LogP contribution < -0.4 is 0 Å². The van der Waals surface area contributed by atoms with Crippen molar-refractivity contribution in [2.24, 2.45) is 0 Å². The zero-order valence-electron chi connectivity index (χ0n) is 8.83. The van der Waals surface area contributed by atoms with Crippen LogP contribution >= 0.6 is 15.9 Å². The van der Waals surface area contributed by atoms with Crippen molar-refractivity contribution in [2.75, 3.05) is 0 Å². The van der Waals surface area contributed by atoms with Crippen LogP contribution in [0.4, 0.5) is 0 Å². The Morgan fingerprint density at radius 3 is 2.44 bits per heavy atom. The monoisotopic (exact) mass is 270 g/mol. The Morgan fingerprint density at radius 1 is 0.875 bits per heavy atom.